The number of rotatable bonds is 4. The first kappa shape index (κ1) is 20.7. The van der Waals surface area contributed by atoms with Crippen molar-refractivity contribution < 1.29 is 20.1 Å². The Morgan fingerprint density at radius 3 is 2.54 bits per heavy atom. The van der Waals surface area contributed by atoms with Crippen LogP contribution >= 0.6 is 0 Å². The smallest absolute Gasteiger partial charge is 0.303 e. The van der Waals surface area contributed by atoms with E-state index >= 15 is 0 Å². The minimum absolute atomic E-state index is 0.183. The van der Waals surface area contributed by atoms with Crippen LogP contribution in [0.2, 0.25) is 0 Å². The summed E-state index contributed by atoms with van der Waals surface area (Å²) in [6.07, 6.45) is 9.32. The molecule has 0 spiro atoms. The van der Waals surface area contributed by atoms with Crippen molar-refractivity contribution in [1.82, 2.24) is 0 Å². The second-order valence-corrected chi connectivity index (χ2v) is 11.3. The Balaban J connectivity index is 1.61. The molecule has 0 radical (unpaired) electrons. The van der Waals surface area contributed by atoms with E-state index in [1.54, 1.807) is 0 Å². The molecule has 160 valence electrons. The normalized spacial score (nSPS) is 51.7. The van der Waals surface area contributed by atoms with Crippen molar-refractivity contribution in [3.05, 3.63) is 0 Å². The summed E-state index contributed by atoms with van der Waals surface area (Å²) in [5.74, 6) is 1.66. The van der Waals surface area contributed by atoms with Crippen molar-refractivity contribution in [2.24, 2.45) is 46.3 Å². The maximum absolute atomic E-state index is 11.5. The molecule has 28 heavy (non-hydrogen) atoms. The second-order valence-electron chi connectivity index (χ2n) is 11.3. The summed E-state index contributed by atoms with van der Waals surface area (Å²) in [5, 5.41) is 31.8. The fourth-order valence-corrected chi connectivity index (χ4v) is 8.74. The van der Waals surface area contributed by atoms with Gasteiger partial charge in [-0.05, 0) is 91.3 Å². The summed E-state index contributed by atoms with van der Waals surface area (Å²) in [6, 6.07) is 0. The van der Waals surface area contributed by atoms with Crippen molar-refractivity contribution in [3.8, 4) is 0 Å². The molecular weight excluding hydrogens is 352 g/mol. The number of carboxylic acid groups (broad SMARTS) is 1. The quantitative estimate of drug-likeness (QED) is 0.659. The molecule has 0 aliphatic heterocycles. The summed E-state index contributed by atoms with van der Waals surface area (Å²) >= 11 is 0. The van der Waals surface area contributed by atoms with Gasteiger partial charge in [-0.3, -0.25) is 4.79 Å². The molecule has 0 saturated heterocycles. The Kier molecular flexibility index (Phi) is 5.36. The molecule has 0 unspecified atom stereocenters. The summed E-state index contributed by atoms with van der Waals surface area (Å²) in [7, 11) is 0. The zero-order valence-corrected chi connectivity index (χ0v) is 17.9. The van der Waals surface area contributed by atoms with Crippen molar-refractivity contribution in [3.63, 3.8) is 0 Å². The summed E-state index contributed by atoms with van der Waals surface area (Å²) in [4.78, 5) is 11.1. The lowest BCUT2D eigenvalue weighted by molar-refractivity contribution is -0.201. The molecule has 4 rings (SSSR count). The highest BCUT2D eigenvalue weighted by atomic mass is 16.4. The van der Waals surface area contributed by atoms with Crippen LogP contribution in [0.25, 0.3) is 0 Å². The molecule has 0 aromatic rings. The first-order valence-corrected chi connectivity index (χ1v) is 11.8. The van der Waals surface area contributed by atoms with Gasteiger partial charge < -0.3 is 15.3 Å². The molecule has 0 heterocycles. The van der Waals surface area contributed by atoms with E-state index in [-0.39, 0.29) is 29.5 Å². The minimum Gasteiger partial charge on any atom is -0.481 e. The number of carbonyl (C=O) groups is 1. The van der Waals surface area contributed by atoms with Gasteiger partial charge in [0.05, 0.1) is 12.2 Å². The molecule has 4 saturated carbocycles. The Hall–Kier alpha value is -0.610. The lowest BCUT2D eigenvalue weighted by atomic mass is 9.43. The van der Waals surface area contributed by atoms with Gasteiger partial charge in [0.1, 0.15) is 0 Å². The molecule has 4 aliphatic carbocycles. The van der Waals surface area contributed by atoms with E-state index in [0.29, 0.717) is 41.9 Å². The van der Waals surface area contributed by atoms with E-state index in [4.69, 9.17) is 5.11 Å². The van der Waals surface area contributed by atoms with Gasteiger partial charge in [0, 0.05) is 6.42 Å². The topological polar surface area (TPSA) is 77.8 Å². The van der Waals surface area contributed by atoms with Crippen LogP contribution in [0.5, 0.6) is 0 Å². The maximum Gasteiger partial charge on any atom is 0.303 e. The van der Waals surface area contributed by atoms with Crippen LogP contribution < -0.4 is 0 Å². The van der Waals surface area contributed by atoms with Gasteiger partial charge in [0.2, 0.25) is 0 Å². The highest BCUT2D eigenvalue weighted by Crippen LogP contribution is 2.68. The van der Waals surface area contributed by atoms with Gasteiger partial charge in [-0.25, -0.2) is 0 Å². The first-order valence-electron chi connectivity index (χ1n) is 11.8. The minimum atomic E-state index is -0.727. The maximum atomic E-state index is 11.5. The number of aliphatic hydroxyl groups is 2. The molecule has 4 nitrogen and oxygen atoms in total. The van der Waals surface area contributed by atoms with Gasteiger partial charge in [-0.2, -0.15) is 0 Å². The molecule has 4 heteroatoms. The van der Waals surface area contributed by atoms with Crippen molar-refractivity contribution >= 4 is 5.97 Å². The molecule has 4 aliphatic rings. The van der Waals surface area contributed by atoms with Crippen LogP contribution in [0, 0.1) is 46.3 Å². The summed E-state index contributed by atoms with van der Waals surface area (Å²) in [5.41, 5.74) is 0.0927. The third kappa shape index (κ3) is 2.96. The second kappa shape index (κ2) is 7.27. The van der Waals surface area contributed by atoms with Gasteiger partial charge in [-0.1, -0.05) is 33.6 Å². The largest absolute Gasteiger partial charge is 0.481 e. The molecule has 0 aromatic carbocycles. The van der Waals surface area contributed by atoms with Gasteiger partial charge in [0.25, 0.3) is 0 Å². The zero-order valence-electron chi connectivity index (χ0n) is 17.9. The highest BCUT2D eigenvalue weighted by Gasteiger charge is 2.65. The highest BCUT2D eigenvalue weighted by molar-refractivity contribution is 5.66. The van der Waals surface area contributed by atoms with Crippen LogP contribution in [0.15, 0.2) is 0 Å². The first-order chi connectivity index (χ1) is 13.2. The van der Waals surface area contributed by atoms with E-state index in [9.17, 15) is 15.0 Å². The third-order valence-electron chi connectivity index (χ3n) is 10.3. The summed E-state index contributed by atoms with van der Waals surface area (Å²) in [6.45, 7) is 6.89. The number of fused-ring (bicyclic) bond motifs is 5. The Bertz CT molecular complexity index is 605. The predicted molar refractivity (Wildman–Crippen MR) is 109 cm³/mol. The van der Waals surface area contributed by atoms with Crippen LogP contribution in [-0.2, 0) is 4.79 Å². The molecule has 0 amide bonds. The molecule has 3 N–H and O–H groups in total. The van der Waals surface area contributed by atoms with E-state index in [0.717, 1.165) is 25.7 Å². The number of hydrogen-bond acceptors (Lipinski definition) is 3. The molecule has 0 aromatic heterocycles. The lowest BCUT2D eigenvalue weighted by Gasteiger charge is -2.63. The van der Waals surface area contributed by atoms with Gasteiger partial charge in [0.15, 0.2) is 0 Å². The summed E-state index contributed by atoms with van der Waals surface area (Å²) < 4.78 is 0. The van der Waals surface area contributed by atoms with Crippen molar-refractivity contribution in [1.29, 1.82) is 0 Å². The standard InChI is InChI=1S/C24H40O4/c1-14(7-10-21(27)28)16-8-9-17-22-18(13-20(26)24(16,17)3)23(2)11-5-4-6-15(23)12-19(22)25/h14-20,22,25-26H,4-13H2,1-3H3,(H,27,28)/t14-,15+,16-,17+,18+,19+,20+,22+,23+,24-/m1/s1. The van der Waals surface area contributed by atoms with E-state index < -0.39 is 5.97 Å². The van der Waals surface area contributed by atoms with Crippen LogP contribution in [0.1, 0.15) is 85.0 Å². The molecule has 4 fully saturated rings. The lowest BCUT2D eigenvalue weighted by Crippen LogP contribution is -2.61. The van der Waals surface area contributed by atoms with Crippen LogP contribution in [0.3, 0.4) is 0 Å². The molecular formula is C24H40O4. The SMILES string of the molecule is C[C@H](CCC(=O)O)[C@H]1CC[C@H]2[C@@H]3[C@@H](O)C[C@@H]4CCCC[C@]4(C)[C@H]3C[C@H](O)[C@]12C. The average Bonchev–Trinajstić information content (AvgIpc) is 3.00. The van der Waals surface area contributed by atoms with Crippen LogP contribution in [0.4, 0.5) is 0 Å². The van der Waals surface area contributed by atoms with Gasteiger partial charge >= 0.3 is 5.97 Å². The monoisotopic (exact) mass is 392 g/mol. The van der Waals surface area contributed by atoms with Crippen LogP contribution in [-0.4, -0.2) is 33.5 Å². The Labute approximate surface area is 170 Å². The van der Waals surface area contributed by atoms with E-state index in [1.165, 1.54) is 25.7 Å². The van der Waals surface area contributed by atoms with Gasteiger partial charge in [-0.15, -0.1) is 0 Å². The average molecular weight is 393 g/mol. The molecule has 0 bridgehead atoms. The third-order valence-corrected chi connectivity index (χ3v) is 10.3. The number of carboxylic acids is 1. The predicted octanol–water partition coefficient (Wildman–Crippen LogP) is 4.48. The number of aliphatic hydroxyl groups excluding tert-OH is 2. The Morgan fingerprint density at radius 1 is 1.07 bits per heavy atom. The fraction of sp³-hybridized carbons (Fsp3) is 0.958. The van der Waals surface area contributed by atoms with Crippen molar-refractivity contribution in [2.45, 2.75) is 97.2 Å². The van der Waals surface area contributed by atoms with E-state index in [2.05, 4.69) is 20.8 Å². The van der Waals surface area contributed by atoms with Crippen molar-refractivity contribution in [2.75, 3.05) is 0 Å². The zero-order chi connectivity index (χ0) is 20.3. The number of hydrogen-bond donors (Lipinski definition) is 3. The number of aliphatic carboxylic acids is 1. The fourth-order valence-electron chi connectivity index (χ4n) is 8.74. The molecule has 10 atom stereocenters. The Morgan fingerprint density at radius 2 is 1.82 bits per heavy atom. The van der Waals surface area contributed by atoms with E-state index in [1.807, 2.05) is 0 Å².